The molecule has 1 heterocycles. The van der Waals surface area contributed by atoms with Crippen LogP contribution in [0.2, 0.25) is 0 Å². The van der Waals surface area contributed by atoms with Gasteiger partial charge in [-0.3, -0.25) is 0 Å². The Labute approximate surface area is 105 Å². The van der Waals surface area contributed by atoms with Gasteiger partial charge in [0.25, 0.3) is 0 Å². The van der Waals surface area contributed by atoms with Gasteiger partial charge < -0.3 is 9.84 Å². The number of rotatable bonds is 0. The summed E-state index contributed by atoms with van der Waals surface area (Å²) >= 11 is 0. The van der Waals surface area contributed by atoms with Crippen molar-refractivity contribution in [2.24, 2.45) is 11.3 Å². The molecule has 2 saturated carbocycles. The van der Waals surface area contributed by atoms with Crippen molar-refractivity contribution in [2.75, 3.05) is 0 Å². The number of ether oxygens (including phenoxy) is 1. The van der Waals surface area contributed by atoms with E-state index in [2.05, 4.69) is 20.8 Å². The van der Waals surface area contributed by atoms with E-state index >= 15 is 0 Å². The van der Waals surface area contributed by atoms with Gasteiger partial charge in [0.2, 0.25) is 0 Å². The molecule has 0 unspecified atom stereocenters. The first kappa shape index (κ1) is 12.0. The Balaban J connectivity index is 2.10. The molecular weight excluding hydrogens is 212 g/mol. The van der Waals surface area contributed by atoms with Crippen molar-refractivity contribution in [3.05, 3.63) is 0 Å². The number of aliphatic hydroxyl groups is 1. The molecule has 2 bridgehead atoms. The van der Waals surface area contributed by atoms with Crippen molar-refractivity contribution >= 4 is 0 Å². The fourth-order valence-corrected chi connectivity index (χ4v) is 5.01. The van der Waals surface area contributed by atoms with Crippen LogP contribution < -0.4 is 0 Å². The number of hydrogen-bond donors (Lipinski definition) is 1. The Kier molecular flexibility index (Phi) is 2.17. The van der Waals surface area contributed by atoms with Crippen molar-refractivity contribution in [1.82, 2.24) is 0 Å². The van der Waals surface area contributed by atoms with E-state index in [9.17, 15) is 5.11 Å². The van der Waals surface area contributed by atoms with Gasteiger partial charge in [-0.2, -0.15) is 0 Å². The molecule has 3 fully saturated rings. The van der Waals surface area contributed by atoms with Crippen molar-refractivity contribution in [1.29, 1.82) is 0 Å². The second-order valence-electron chi connectivity index (χ2n) is 7.66. The molecule has 2 aliphatic carbocycles. The lowest BCUT2D eigenvalue weighted by Gasteiger charge is -2.58. The summed E-state index contributed by atoms with van der Waals surface area (Å²) in [6.45, 7) is 8.78. The fraction of sp³-hybridized carbons (Fsp3) is 1.00. The summed E-state index contributed by atoms with van der Waals surface area (Å²) in [4.78, 5) is 0. The third-order valence-electron chi connectivity index (χ3n) is 6.24. The molecule has 2 heteroatoms. The second kappa shape index (κ2) is 3.08. The highest BCUT2D eigenvalue weighted by Gasteiger charge is 2.70. The van der Waals surface area contributed by atoms with Crippen molar-refractivity contribution < 1.29 is 9.84 Å². The third kappa shape index (κ3) is 1.29. The smallest absolute Gasteiger partial charge is 0.103 e. The SMILES string of the molecule is CC1(C)O[C@]23C[C@H]1CC[C@]2(C)CCC[C@]3(C)O. The van der Waals surface area contributed by atoms with Crippen LogP contribution in [0.3, 0.4) is 0 Å². The molecule has 98 valence electrons. The summed E-state index contributed by atoms with van der Waals surface area (Å²) in [5.41, 5.74) is -0.810. The highest BCUT2D eigenvalue weighted by Crippen LogP contribution is 2.66. The highest BCUT2D eigenvalue weighted by molar-refractivity contribution is 5.19. The van der Waals surface area contributed by atoms with Gasteiger partial charge in [-0.15, -0.1) is 0 Å². The second-order valence-corrected chi connectivity index (χ2v) is 7.66. The van der Waals surface area contributed by atoms with E-state index in [-0.39, 0.29) is 16.6 Å². The van der Waals surface area contributed by atoms with Crippen molar-refractivity contribution in [3.63, 3.8) is 0 Å². The fourth-order valence-electron chi connectivity index (χ4n) is 5.01. The van der Waals surface area contributed by atoms with Gasteiger partial charge in [0.05, 0.1) is 11.2 Å². The van der Waals surface area contributed by atoms with Crippen LogP contribution in [-0.4, -0.2) is 21.9 Å². The molecule has 0 aromatic carbocycles. The summed E-state index contributed by atoms with van der Waals surface area (Å²) in [5.74, 6) is 0.625. The normalized spacial score (nSPS) is 56.6. The van der Waals surface area contributed by atoms with E-state index in [1.807, 2.05) is 6.92 Å². The molecule has 1 spiro atoms. The summed E-state index contributed by atoms with van der Waals surface area (Å²) in [6.07, 6.45) is 6.79. The monoisotopic (exact) mass is 238 g/mol. The predicted molar refractivity (Wildman–Crippen MR) is 67.8 cm³/mol. The van der Waals surface area contributed by atoms with Gasteiger partial charge in [-0.1, -0.05) is 6.92 Å². The summed E-state index contributed by atoms with van der Waals surface area (Å²) < 4.78 is 6.53. The van der Waals surface area contributed by atoms with Crippen LogP contribution in [0.4, 0.5) is 0 Å². The van der Waals surface area contributed by atoms with Crippen LogP contribution in [0.5, 0.6) is 0 Å². The van der Waals surface area contributed by atoms with E-state index in [1.165, 1.54) is 19.3 Å². The van der Waals surface area contributed by atoms with E-state index in [0.29, 0.717) is 5.92 Å². The lowest BCUT2D eigenvalue weighted by atomic mass is 9.51. The van der Waals surface area contributed by atoms with E-state index in [1.54, 1.807) is 0 Å². The molecular formula is C15H26O2. The van der Waals surface area contributed by atoms with E-state index in [4.69, 9.17) is 4.74 Å². The van der Waals surface area contributed by atoms with Gasteiger partial charge >= 0.3 is 0 Å². The maximum absolute atomic E-state index is 10.9. The molecule has 0 amide bonds. The van der Waals surface area contributed by atoms with E-state index in [0.717, 1.165) is 19.3 Å². The largest absolute Gasteiger partial charge is 0.387 e. The summed E-state index contributed by atoms with van der Waals surface area (Å²) in [6, 6.07) is 0. The molecule has 4 atom stereocenters. The Bertz CT molecular complexity index is 347. The van der Waals surface area contributed by atoms with Gasteiger partial charge in [0.15, 0.2) is 0 Å². The summed E-state index contributed by atoms with van der Waals surface area (Å²) in [7, 11) is 0. The standard InChI is InChI=1S/C15H26O2/c1-12(2)11-6-9-13(3)7-5-8-14(4,16)15(13,10-11)17-12/h11,16H,5-10H2,1-4H3/t11-,13+,14+,15-/m1/s1. The molecule has 1 saturated heterocycles. The zero-order valence-electron chi connectivity index (χ0n) is 11.7. The zero-order valence-corrected chi connectivity index (χ0v) is 11.7. The molecule has 0 radical (unpaired) electrons. The Morgan fingerprint density at radius 3 is 2.47 bits per heavy atom. The minimum atomic E-state index is -0.646. The van der Waals surface area contributed by atoms with Crippen LogP contribution in [0, 0.1) is 11.3 Å². The first-order valence-corrected chi connectivity index (χ1v) is 7.15. The third-order valence-corrected chi connectivity index (χ3v) is 6.24. The maximum Gasteiger partial charge on any atom is 0.103 e. The first-order chi connectivity index (χ1) is 7.73. The van der Waals surface area contributed by atoms with Gasteiger partial charge in [-0.25, -0.2) is 0 Å². The van der Waals surface area contributed by atoms with Gasteiger partial charge in [-0.05, 0) is 70.6 Å². The van der Waals surface area contributed by atoms with Crippen LogP contribution in [-0.2, 0) is 4.74 Å². The average molecular weight is 238 g/mol. The molecule has 0 aromatic heterocycles. The molecule has 17 heavy (non-hydrogen) atoms. The minimum absolute atomic E-state index is 0.0565. The Morgan fingerprint density at radius 1 is 1.06 bits per heavy atom. The van der Waals surface area contributed by atoms with Gasteiger partial charge in [0.1, 0.15) is 5.60 Å². The highest BCUT2D eigenvalue weighted by atomic mass is 16.5. The molecule has 2 nitrogen and oxygen atoms in total. The number of fused-ring (bicyclic) bond motifs is 1. The summed E-state index contributed by atoms with van der Waals surface area (Å²) in [5, 5.41) is 10.9. The average Bonchev–Trinajstić information content (AvgIpc) is 2.42. The van der Waals surface area contributed by atoms with Crippen molar-refractivity contribution in [2.45, 2.75) is 83.0 Å². The lowest BCUT2D eigenvalue weighted by molar-refractivity contribution is -0.259. The molecule has 3 aliphatic rings. The Hall–Kier alpha value is -0.0800. The van der Waals surface area contributed by atoms with Crippen LogP contribution in [0.1, 0.15) is 66.2 Å². The van der Waals surface area contributed by atoms with Crippen LogP contribution >= 0.6 is 0 Å². The lowest BCUT2D eigenvalue weighted by Crippen LogP contribution is -2.65. The quantitative estimate of drug-likeness (QED) is 0.702. The number of hydrogen-bond acceptors (Lipinski definition) is 2. The zero-order chi connectivity index (χ0) is 12.5. The molecule has 3 rings (SSSR count). The molecule has 0 aromatic rings. The van der Waals surface area contributed by atoms with Crippen LogP contribution in [0.15, 0.2) is 0 Å². The molecule has 1 N–H and O–H groups in total. The topological polar surface area (TPSA) is 29.5 Å². The minimum Gasteiger partial charge on any atom is -0.387 e. The molecule has 1 aliphatic heterocycles. The van der Waals surface area contributed by atoms with Gasteiger partial charge in [0, 0.05) is 0 Å². The van der Waals surface area contributed by atoms with Crippen LogP contribution in [0.25, 0.3) is 0 Å². The Morgan fingerprint density at radius 2 is 1.76 bits per heavy atom. The maximum atomic E-state index is 10.9. The predicted octanol–water partition coefficient (Wildman–Crippen LogP) is 3.28. The van der Waals surface area contributed by atoms with Crippen molar-refractivity contribution in [3.8, 4) is 0 Å². The first-order valence-electron chi connectivity index (χ1n) is 7.15. The van der Waals surface area contributed by atoms with E-state index < -0.39 is 5.60 Å².